The predicted molar refractivity (Wildman–Crippen MR) is 90.1 cm³/mol. The Hall–Kier alpha value is -1.32. The molecule has 0 saturated heterocycles. The molecule has 21 heavy (non-hydrogen) atoms. The van der Waals surface area contributed by atoms with Crippen molar-refractivity contribution in [3.8, 4) is 0 Å². The Balaban J connectivity index is 2.33. The van der Waals surface area contributed by atoms with E-state index in [4.69, 9.17) is 4.98 Å². The first kappa shape index (κ1) is 16.1. The van der Waals surface area contributed by atoms with Gasteiger partial charge in [0.05, 0.1) is 0 Å². The lowest BCUT2D eigenvalue weighted by Gasteiger charge is -2.31. The SMILES string of the molecule is CNc1nc(C(C)(C)C)nc(NC2CCCCC2C)c1C. The van der Waals surface area contributed by atoms with Crippen molar-refractivity contribution >= 4 is 11.6 Å². The van der Waals surface area contributed by atoms with E-state index in [0.717, 1.165) is 23.0 Å². The molecule has 2 unspecified atom stereocenters. The Kier molecular flexibility index (Phi) is 4.74. The lowest BCUT2D eigenvalue weighted by atomic mass is 9.86. The second-order valence-electron chi connectivity index (χ2n) is 7.38. The van der Waals surface area contributed by atoms with Crippen molar-refractivity contribution in [3.63, 3.8) is 0 Å². The highest BCUT2D eigenvalue weighted by atomic mass is 15.1. The van der Waals surface area contributed by atoms with Crippen LogP contribution in [0.2, 0.25) is 0 Å². The summed E-state index contributed by atoms with van der Waals surface area (Å²) in [6.07, 6.45) is 5.23. The van der Waals surface area contributed by atoms with Crippen LogP contribution >= 0.6 is 0 Å². The van der Waals surface area contributed by atoms with E-state index in [2.05, 4.69) is 50.2 Å². The average molecular weight is 290 g/mol. The Morgan fingerprint density at radius 2 is 1.67 bits per heavy atom. The fourth-order valence-electron chi connectivity index (χ4n) is 2.94. The molecule has 2 rings (SSSR count). The first-order chi connectivity index (χ1) is 9.82. The number of aromatic nitrogens is 2. The van der Waals surface area contributed by atoms with Crippen molar-refractivity contribution in [3.05, 3.63) is 11.4 Å². The lowest BCUT2D eigenvalue weighted by Crippen LogP contribution is -2.31. The number of rotatable bonds is 3. The van der Waals surface area contributed by atoms with Crippen molar-refractivity contribution in [1.82, 2.24) is 9.97 Å². The standard InChI is InChI=1S/C17H30N4/c1-11-9-7-8-10-13(11)19-15-12(2)14(18-6)20-16(21-15)17(3,4)5/h11,13H,7-10H2,1-6H3,(H2,18,19,20,21). The van der Waals surface area contributed by atoms with Crippen LogP contribution in [0.15, 0.2) is 0 Å². The third-order valence-corrected chi connectivity index (χ3v) is 4.49. The summed E-state index contributed by atoms with van der Waals surface area (Å²) in [6, 6.07) is 0.532. The molecule has 1 aliphatic rings. The molecule has 4 nitrogen and oxygen atoms in total. The van der Waals surface area contributed by atoms with Gasteiger partial charge in [-0.15, -0.1) is 0 Å². The third-order valence-electron chi connectivity index (χ3n) is 4.49. The molecule has 118 valence electrons. The minimum absolute atomic E-state index is 0.0477. The zero-order chi connectivity index (χ0) is 15.6. The largest absolute Gasteiger partial charge is 0.373 e. The minimum Gasteiger partial charge on any atom is -0.373 e. The van der Waals surface area contributed by atoms with Crippen LogP contribution in [0.5, 0.6) is 0 Å². The van der Waals surface area contributed by atoms with E-state index in [-0.39, 0.29) is 5.41 Å². The lowest BCUT2D eigenvalue weighted by molar-refractivity contribution is 0.348. The number of hydrogen-bond acceptors (Lipinski definition) is 4. The highest BCUT2D eigenvalue weighted by molar-refractivity contribution is 5.57. The van der Waals surface area contributed by atoms with Crippen LogP contribution in [0.1, 0.15) is 64.8 Å². The van der Waals surface area contributed by atoms with Crippen LogP contribution in [-0.4, -0.2) is 23.1 Å². The second-order valence-corrected chi connectivity index (χ2v) is 7.38. The molecule has 0 aromatic carbocycles. The van der Waals surface area contributed by atoms with Gasteiger partial charge in [0.1, 0.15) is 17.5 Å². The van der Waals surface area contributed by atoms with Gasteiger partial charge in [0.2, 0.25) is 0 Å². The molecule has 1 aromatic heterocycles. The third kappa shape index (κ3) is 3.66. The van der Waals surface area contributed by atoms with Crippen LogP contribution in [0.4, 0.5) is 11.6 Å². The van der Waals surface area contributed by atoms with Crippen LogP contribution in [-0.2, 0) is 5.41 Å². The topological polar surface area (TPSA) is 49.8 Å². The quantitative estimate of drug-likeness (QED) is 0.879. The summed E-state index contributed by atoms with van der Waals surface area (Å²) in [5, 5.41) is 6.90. The van der Waals surface area contributed by atoms with Gasteiger partial charge < -0.3 is 10.6 Å². The molecule has 0 radical (unpaired) electrons. The van der Waals surface area contributed by atoms with E-state index in [1.165, 1.54) is 25.7 Å². The van der Waals surface area contributed by atoms with Crippen LogP contribution < -0.4 is 10.6 Å². The van der Waals surface area contributed by atoms with Gasteiger partial charge >= 0.3 is 0 Å². The number of hydrogen-bond donors (Lipinski definition) is 2. The Morgan fingerprint density at radius 1 is 1.05 bits per heavy atom. The fraction of sp³-hybridized carbons (Fsp3) is 0.765. The maximum absolute atomic E-state index is 4.82. The normalized spacial score (nSPS) is 23.0. The average Bonchev–Trinajstić information content (AvgIpc) is 2.42. The fourth-order valence-corrected chi connectivity index (χ4v) is 2.94. The maximum Gasteiger partial charge on any atom is 0.138 e. The molecule has 0 aliphatic heterocycles. The molecule has 2 N–H and O–H groups in total. The van der Waals surface area contributed by atoms with Gasteiger partial charge in [0.25, 0.3) is 0 Å². The van der Waals surface area contributed by atoms with Crippen molar-refractivity contribution in [2.24, 2.45) is 5.92 Å². The summed E-state index contributed by atoms with van der Waals surface area (Å²) in [7, 11) is 1.93. The van der Waals surface area contributed by atoms with E-state index in [1.807, 2.05) is 7.05 Å². The highest BCUT2D eigenvalue weighted by Gasteiger charge is 2.25. The molecule has 0 spiro atoms. The van der Waals surface area contributed by atoms with Gasteiger partial charge in [-0.1, -0.05) is 40.5 Å². The molecule has 4 heteroatoms. The van der Waals surface area contributed by atoms with Gasteiger partial charge in [0.15, 0.2) is 0 Å². The van der Waals surface area contributed by atoms with Crippen molar-refractivity contribution in [2.45, 2.75) is 71.8 Å². The monoisotopic (exact) mass is 290 g/mol. The predicted octanol–water partition coefficient (Wildman–Crippen LogP) is 4.11. The van der Waals surface area contributed by atoms with E-state index >= 15 is 0 Å². The number of nitrogens with zero attached hydrogens (tertiary/aromatic N) is 2. The van der Waals surface area contributed by atoms with Gasteiger partial charge in [-0.2, -0.15) is 0 Å². The highest BCUT2D eigenvalue weighted by Crippen LogP contribution is 2.30. The summed E-state index contributed by atoms with van der Waals surface area (Å²) in [4.78, 5) is 9.49. The first-order valence-electron chi connectivity index (χ1n) is 8.16. The van der Waals surface area contributed by atoms with Gasteiger partial charge in [-0.05, 0) is 25.7 Å². The Morgan fingerprint density at radius 3 is 2.24 bits per heavy atom. The molecule has 1 aliphatic carbocycles. The minimum atomic E-state index is -0.0477. The Labute approximate surface area is 129 Å². The maximum atomic E-state index is 4.82. The van der Waals surface area contributed by atoms with Crippen LogP contribution in [0.25, 0.3) is 0 Å². The molecule has 1 fully saturated rings. The first-order valence-corrected chi connectivity index (χ1v) is 8.16. The molecule has 0 bridgehead atoms. The van der Waals surface area contributed by atoms with Crippen LogP contribution in [0, 0.1) is 12.8 Å². The van der Waals surface area contributed by atoms with Crippen molar-refractivity contribution in [2.75, 3.05) is 17.7 Å². The van der Waals surface area contributed by atoms with Crippen molar-refractivity contribution < 1.29 is 0 Å². The van der Waals surface area contributed by atoms with Gasteiger partial charge in [-0.3, -0.25) is 0 Å². The molecule has 0 amide bonds. The molecular formula is C17H30N4. The van der Waals surface area contributed by atoms with E-state index < -0.39 is 0 Å². The van der Waals surface area contributed by atoms with Crippen molar-refractivity contribution in [1.29, 1.82) is 0 Å². The van der Waals surface area contributed by atoms with Crippen LogP contribution in [0.3, 0.4) is 0 Å². The zero-order valence-corrected chi connectivity index (χ0v) is 14.4. The summed E-state index contributed by atoms with van der Waals surface area (Å²) in [6.45, 7) is 10.9. The second kappa shape index (κ2) is 6.20. The molecule has 2 atom stereocenters. The van der Waals surface area contributed by atoms with E-state index in [1.54, 1.807) is 0 Å². The summed E-state index contributed by atoms with van der Waals surface area (Å²) < 4.78 is 0. The van der Waals surface area contributed by atoms with E-state index in [0.29, 0.717) is 12.0 Å². The molecule has 1 heterocycles. The summed E-state index contributed by atoms with van der Waals surface area (Å²) in [5.41, 5.74) is 1.07. The van der Waals surface area contributed by atoms with E-state index in [9.17, 15) is 0 Å². The zero-order valence-electron chi connectivity index (χ0n) is 14.4. The molecular weight excluding hydrogens is 260 g/mol. The smallest absolute Gasteiger partial charge is 0.138 e. The van der Waals surface area contributed by atoms with Gasteiger partial charge in [0, 0.05) is 24.1 Å². The van der Waals surface area contributed by atoms with Gasteiger partial charge in [-0.25, -0.2) is 9.97 Å². The molecule has 1 saturated carbocycles. The number of nitrogens with one attached hydrogen (secondary N) is 2. The number of anilines is 2. The Bertz CT molecular complexity index is 490. The molecule has 1 aromatic rings. The summed E-state index contributed by atoms with van der Waals surface area (Å²) >= 11 is 0. The summed E-state index contributed by atoms with van der Waals surface area (Å²) in [5.74, 6) is 3.53.